The first-order valence-corrected chi connectivity index (χ1v) is 11.8. The number of piperidine rings is 2. The third-order valence-electron chi connectivity index (χ3n) is 6.55. The zero-order chi connectivity index (χ0) is 21.3. The lowest BCUT2D eigenvalue weighted by Crippen LogP contribution is -2.42. The van der Waals surface area contributed by atoms with Crippen molar-refractivity contribution in [3.05, 3.63) is 35.8 Å². The molecule has 0 N–H and O–H groups in total. The lowest BCUT2D eigenvalue weighted by atomic mass is 9.81. The van der Waals surface area contributed by atoms with Crippen LogP contribution in [0, 0.1) is 22.6 Å². The lowest BCUT2D eigenvalue weighted by Gasteiger charge is -2.38. The number of rotatable bonds is 3. The fourth-order valence-corrected chi connectivity index (χ4v) is 5.13. The summed E-state index contributed by atoms with van der Waals surface area (Å²) >= 11 is 1.86. The molecule has 2 saturated heterocycles. The summed E-state index contributed by atoms with van der Waals surface area (Å²) in [5, 5.41) is 10.7. The van der Waals surface area contributed by atoms with Crippen LogP contribution < -0.4 is 4.90 Å². The molecule has 0 radical (unpaired) electrons. The maximum Gasteiger partial charge on any atom is 0.257 e. The number of likely N-dealkylation sites (tertiary alicyclic amines) is 1. The molecule has 2 aliphatic rings. The zero-order valence-corrected chi connectivity index (χ0v) is 18.3. The molecule has 2 aliphatic heterocycles. The Labute approximate surface area is 181 Å². The number of amides is 1. The summed E-state index contributed by atoms with van der Waals surface area (Å²) in [4.78, 5) is 22.0. The van der Waals surface area contributed by atoms with Gasteiger partial charge in [0, 0.05) is 43.0 Å². The first-order valence-electron chi connectivity index (χ1n) is 10.5. The molecule has 1 aromatic heterocycles. The van der Waals surface area contributed by atoms with E-state index in [4.69, 9.17) is 0 Å². The van der Waals surface area contributed by atoms with Crippen molar-refractivity contribution in [2.24, 2.45) is 5.41 Å². The summed E-state index contributed by atoms with van der Waals surface area (Å²) in [6.07, 6.45) is 7.18. The quantitative estimate of drug-likeness (QED) is 0.725. The lowest BCUT2D eigenvalue weighted by molar-refractivity contribution is 0.0727. The Morgan fingerprint density at radius 1 is 1.27 bits per heavy atom. The van der Waals surface area contributed by atoms with E-state index in [2.05, 4.69) is 22.2 Å². The molecule has 0 unspecified atom stereocenters. The van der Waals surface area contributed by atoms with E-state index in [0.29, 0.717) is 34.8 Å². The number of pyridine rings is 1. The fraction of sp³-hybridized carbons (Fsp3) is 0.522. The molecule has 1 aromatic carbocycles. The third kappa shape index (κ3) is 3.98. The number of benzene rings is 1. The van der Waals surface area contributed by atoms with Crippen molar-refractivity contribution in [1.82, 2.24) is 9.88 Å². The molecule has 30 heavy (non-hydrogen) atoms. The van der Waals surface area contributed by atoms with E-state index in [1.165, 1.54) is 12.1 Å². The Balaban J connectivity index is 1.72. The predicted octanol–water partition coefficient (Wildman–Crippen LogP) is 4.47. The Morgan fingerprint density at radius 3 is 2.60 bits per heavy atom. The maximum atomic E-state index is 14.1. The molecule has 0 aliphatic carbocycles. The highest BCUT2D eigenvalue weighted by Crippen LogP contribution is 2.37. The summed E-state index contributed by atoms with van der Waals surface area (Å²) in [7, 11) is 0. The summed E-state index contributed by atoms with van der Waals surface area (Å²) in [5.41, 5.74) is 1.62. The minimum atomic E-state index is -0.353. The van der Waals surface area contributed by atoms with E-state index < -0.39 is 0 Å². The predicted molar refractivity (Wildman–Crippen MR) is 119 cm³/mol. The smallest absolute Gasteiger partial charge is 0.257 e. The number of halogens is 1. The number of nitriles is 1. The van der Waals surface area contributed by atoms with Crippen molar-refractivity contribution in [3.8, 4) is 6.07 Å². The van der Waals surface area contributed by atoms with Gasteiger partial charge in [0.2, 0.25) is 0 Å². The first-order chi connectivity index (χ1) is 14.4. The van der Waals surface area contributed by atoms with Crippen LogP contribution in [0.5, 0.6) is 0 Å². The molecule has 158 valence electrons. The van der Waals surface area contributed by atoms with Crippen LogP contribution in [0.3, 0.4) is 0 Å². The number of thioether (sulfide) groups is 1. The fourth-order valence-electron chi connectivity index (χ4n) is 4.45. The zero-order valence-electron chi connectivity index (χ0n) is 17.5. The number of carbonyl (C=O) groups is 1. The third-order valence-corrected chi connectivity index (χ3v) is 7.69. The molecule has 4 rings (SSSR count). The Morgan fingerprint density at radius 2 is 1.97 bits per heavy atom. The van der Waals surface area contributed by atoms with Gasteiger partial charge in [0.05, 0.1) is 28.3 Å². The second-order valence-corrected chi connectivity index (χ2v) is 9.71. The van der Waals surface area contributed by atoms with Crippen LogP contribution in [-0.2, 0) is 0 Å². The number of nitrogens with zero attached hydrogens (tertiary/aromatic N) is 4. The molecule has 1 amide bonds. The van der Waals surface area contributed by atoms with Crippen LogP contribution in [-0.4, -0.2) is 53.5 Å². The van der Waals surface area contributed by atoms with Gasteiger partial charge in [0.15, 0.2) is 0 Å². The highest BCUT2D eigenvalue weighted by Gasteiger charge is 2.33. The average molecular weight is 427 g/mol. The van der Waals surface area contributed by atoms with Gasteiger partial charge < -0.3 is 9.80 Å². The van der Waals surface area contributed by atoms with Crippen molar-refractivity contribution in [3.63, 3.8) is 0 Å². The Hall–Kier alpha value is -2.33. The topological polar surface area (TPSA) is 60.2 Å². The normalized spacial score (nSPS) is 19.7. The number of hydrogen-bond donors (Lipinski definition) is 0. The minimum absolute atomic E-state index is 0.0307. The number of aromatic nitrogens is 1. The van der Waals surface area contributed by atoms with Crippen LogP contribution >= 0.6 is 11.8 Å². The van der Waals surface area contributed by atoms with Crippen molar-refractivity contribution >= 4 is 34.3 Å². The van der Waals surface area contributed by atoms with Gasteiger partial charge in [-0.25, -0.2) is 4.39 Å². The Bertz CT molecular complexity index is 989. The van der Waals surface area contributed by atoms with Crippen LogP contribution in [0.25, 0.3) is 10.9 Å². The number of fused-ring (bicyclic) bond motifs is 1. The maximum absolute atomic E-state index is 14.1. The second kappa shape index (κ2) is 8.43. The van der Waals surface area contributed by atoms with E-state index >= 15 is 0 Å². The highest BCUT2D eigenvalue weighted by molar-refractivity contribution is 7.99. The largest absolute Gasteiger partial charge is 0.370 e. The molecule has 0 bridgehead atoms. The molecule has 5 nitrogen and oxygen atoms in total. The molecule has 3 heterocycles. The molecular formula is C23H27FN4OS. The van der Waals surface area contributed by atoms with E-state index in [-0.39, 0.29) is 17.1 Å². The van der Waals surface area contributed by atoms with Gasteiger partial charge in [0.25, 0.3) is 5.91 Å². The second-order valence-electron chi connectivity index (χ2n) is 8.57. The van der Waals surface area contributed by atoms with Gasteiger partial charge in [-0.05, 0) is 57.1 Å². The van der Waals surface area contributed by atoms with Crippen molar-refractivity contribution in [1.29, 1.82) is 5.26 Å². The standard InChI is InChI=1S/C23H27FN4OS/c1-23(15-25)7-11-27(12-8-23)21-18-13-16(24)3-4-20(18)26-14-19(21)22(29)28-9-5-17(30-2)6-10-28/h3-4,13-14,17H,5-12H2,1-2H3. The van der Waals surface area contributed by atoms with Crippen LogP contribution in [0.2, 0.25) is 0 Å². The molecule has 7 heteroatoms. The minimum Gasteiger partial charge on any atom is -0.370 e. The SMILES string of the molecule is CSC1CCN(C(=O)c2cnc3ccc(F)cc3c2N2CCC(C)(C#N)CC2)CC1. The molecular weight excluding hydrogens is 399 g/mol. The van der Waals surface area contributed by atoms with Gasteiger partial charge in [-0.3, -0.25) is 9.78 Å². The van der Waals surface area contributed by atoms with Crippen molar-refractivity contribution in [2.75, 3.05) is 37.3 Å². The van der Waals surface area contributed by atoms with Gasteiger partial charge in [-0.15, -0.1) is 0 Å². The number of hydrogen-bond acceptors (Lipinski definition) is 5. The van der Waals surface area contributed by atoms with Crippen LogP contribution in [0.15, 0.2) is 24.4 Å². The van der Waals surface area contributed by atoms with Gasteiger partial charge in [0.1, 0.15) is 5.82 Å². The summed E-state index contributed by atoms with van der Waals surface area (Å²) < 4.78 is 14.1. The Kier molecular flexibility index (Phi) is 5.88. The molecule has 2 fully saturated rings. The van der Waals surface area contributed by atoms with E-state index in [0.717, 1.165) is 44.5 Å². The number of anilines is 1. The van der Waals surface area contributed by atoms with E-state index in [9.17, 15) is 14.4 Å². The monoisotopic (exact) mass is 426 g/mol. The number of carbonyl (C=O) groups excluding carboxylic acids is 1. The summed E-state index contributed by atoms with van der Waals surface area (Å²) in [5.74, 6) is -0.369. The van der Waals surface area contributed by atoms with Gasteiger partial charge in [-0.1, -0.05) is 0 Å². The summed E-state index contributed by atoms with van der Waals surface area (Å²) in [6.45, 7) is 4.77. The van der Waals surface area contributed by atoms with E-state index in [1.54, 1.807) is 12.3 Å². The van der Waals surface area contributed by atoms with Crippen LogP contribution in [0.1, 0.15) is 43.0 Å². The van der Waals surface area contributed by atoms with Gasteiger partial charge >= 0.3 is 0 Å². The molecule has 0 saturated carbocycles. The first kappa shape index (κ1) is 20.9. The average Bonchev–Trinajstić information content (AvgIpc) is 2.78. The van der Waals surface area contributed by atoms with Crippen LogP contribution in [0.4, 0.5) is 10.1 Å². The van der Waals surface area contributed by atoms with Crippen molar-refractivity contribution in [2.45, 2.75) is 37.9 Å². The summed E-state index contributed by atoms with van der Waals surface area (Å²) in [6, 6.07) is 6.96. The molecule has 0 spiro atoms. The van der Waals surface area contributed by atoms with Gasteiger partial charge in [-0.2, -0.15) is 17.0 Å². The highest BCUT2D eigenvalue weighted by atomic mass is 32.2. The van der Waals surface area contributed by atoms with Crippen molar-refractivity contribution < 1.29 is 9.18 Å². The molecule has 0 atom stereocenters. The van der Waals surface area contributed by atoms with E-state index in [1.807, 2.05) is 23.6 Å². The molecule has 2 aromatic rings.